The molecule has 0 aliphatic carbocycles. The molecule has 0 atom stereocenters. The first-order chi connectivity index (χ1) is 15.6. The number of benzene rings is 2. The van der Waals surface area contributed by atoms with E-state index in [1.54, 1.807) is 0 Å². The van der Waals surface area contributed by atoms with E-state index in [0.717, 1.165) is 82.2 Å². The van der Waals surface area contributed by atoms with Crippen molar-refractivity contribution in [2.45, 2.75) is 39.7 Å². The topological polar surface area (TPSA) is 54.4 Å². The van der Waals surface area contributed by atoms with E-state index in [0.29, 0.717) is 0 Å². The quantitative estimate of drug-likeness (QED) is 0.457. The fourth-order valence-corrected chi connectivity index (χ4v) is 4.37. The second-order valence-corrected chi connectivity index (χ2v) is 8.82. The molecule has 6 heteroatoms. The Morgan fingerprint density at radius 2 is 1.91 bits per heavy atom. The average Bonchev–Trinajstić information content (AvgIpc) is 3.12. The van der Waals surface area contributed by atoms with Crippen LogP contribution in [0.1, 0.15) is 36.5 Å². The Morgan fingerprint density at radius 3 is 2.72 bits per heavy atom. The van der Waals surface area contributed by atoms with Gasteiger partial charge < -0.3 is 19.9 Å². The van der Waals surface area contributed by atoms with Crippen LogP contribution in [0, 0.1) is 6.92 Å². The van der Waals surface area contributed by atoms with Crippen LogP contribution in [0.3, 0.4) is 0 Å². The van der Waals surface area contributed by atoms with Gasteiger partial charge in [-0.05, 0) is 61.2 Å². The van der Waals surface area contributed by atoms with Gasteiger partial charge in [0.1, 0.15) is 0 Å². The van der Waals surface area contributed by atoms with Gasteiger partial charge in [-0.15, -0.1) is 0 Å². The third kappa shape index (κ3) is 5.61. The molecule has 0 saturated carbocycles. The fraction of sp³-hybridized carbons (Fsp3) is 0.500. The van der Waals surface area contributed by atoms with Gasteiger partial charge in [-0.3, -0.25) is 4.90 Å². The number of morpholine rings is 1. The Kier molecular flexibility index (Phi) is 7.66. The van der Waals surface area contributed by atoms with E-state index in [1.165, 1.54) is 22.4 Å². The molecule has 1 aliphatic heterocycles. The maximum atomic E-state index is 5.42. The summed E-state index contributed by atoms with van der Waals surface area (Å²) in [6.07, 6.45) is 3.36. The predicted octanol–water partition coefficient (Wildman–Crippen LogP) is 4.58. The smallest absolute Gasteiger partial charge is 0.203 e. The molecular weight excluding hydrogens is 398 g/mol. The van der Waals surface area contributed by atoms with Crippen LogP contribution in [0.2, 0.25) is 0 Å². The van der Waals surface area contributed by atoms with Gasteiger partial charge in [0, 0.05) is 38.9 Å². The highest BCUT2D eigenvalue weighted by Crippen LogP contribution is 2.23. The zero-order valence-electron chi connectivity index (χ0n) is 19.8. The zero-order chi connectivity index (χ0) is 22.3. The summed E-state index contributed by atoms with van der Waals surface area (Å²) in [6.45, 7) is 11.0. The summed E-state index contributed by atoms with van der Waals surface area (Å²) in [5, 5.41) is 7.19. The van der Waals surface area contributed by atoms with Crippen LogP contribution in [0.4, 0.5) is 11.6 Å². The number of imidazole rings is 1. The third-order valence-electron chi connectivity index (χ3n) is 6.25. The summed E-state index contributed by atoms with van der Waals surface area (Å²) in [7, 11) is 2.09. The lowest BCUT2D eigenvalue weighted by molar-refractivity contribution is 0.0378. The van der Waals surface area contributed by atoms with Crippen molar-refractivity contribution in [1.82, 2.24) is 14.5 Å². The molecule has 1 saturated heterocycles. The van der Waals surface area contributed by atoms with Gasteiger partial charge in [0.25, 0.3) is 0 Å². The van der Waals surface area contributed by atoms with Gasteiger partial charge in [0.15, 0.2) is 0 Å². The molecule has 0 radical (unpaired) electrons. The summed E-state index contributed by atoms with van der Waals surface area (Å²) in [5.74, 6) is 0.941. The predicted molar refractivity (Wildman–Crippen MR) is 134 cm³/mol. The Morgan fingerprint density at radius 1 is 1.06 bits per heavy atom. The van der Waals surface area contributed by atoms with Crippen LogP contribution in [0.5, 0.6) is 0 Å². The Hall–Kier alpha value is -2.57. The number of anilines is 2. The number of aryl methyl sites for hydroxylation is 3. The van der Waals surface area contributed by atoms with Gasteiger partial charge in [-0.25, -0.2) is 4.98 Å². The highest BCUT2D eigenvalue weighted by Gasteiger charge is 2.11. The standard InChI is InChI=1S/C26H37N5O/c1-4-6-22-9-7-20(2)17-24(22)28-19-21-8-10-23-25(18-21)30(3)26(29-23)27-11-5-12-31-13-15-32-16-14-31/h7-10,17-18,28H,4-6,11-16,19H2,1-3H3,(H,27,29). The lowest BCUT2D eigenvalue weighted by Gasteiger charge is -2.26. The molecule has 2 aromatic carbocycles. The van der Waals surface area contributed by atoms with E-state index >= 15 is 0 Å². The van der Waals surface area contributed by atoms with Crippen molar-refractivity contribution in [3.8, 4) is 0 Å². The molecule has 0 amide bonds. The van der Waals surface area contributed by atoms with E-state index in [2.05, 4.69) is 77.4 Å². The molecule has 32 heavy (non-hydrogen) atoms. The van der Waals surface area contributed by atoms with Gasteiger partial charge in [0.2, 0.25) is 5.95 Å². The normalized spacial score (nSPS) is 14.7. The van der Waals surface area contributed by atoms with E-state index in [9.17, 15) is 0 Å². The zero-order valence-corrected chi connectivity index (χ0v) is 19.8. The van der Waals surface area contributed by atoms with Crippen LogP contribution in [-0.2, 0) is 24.8 Å². The number of nitrogens with one attached hydrogen (secondary N) is 2. The number of ether oxygens (including phenoxy) is 1. The minimum Gasteiger partial charge on any atom is -0.381 e. The molecule has 2 N–H and O–H groups in total. The van der Waals surface area contributed by atoms with Gasteiger partial charge in [-0.2, -0.15) is 0 Å². The lowest BCUT2D eigenvalue weighted by Crippen LogP contribution is -2.37. The molecule has 2 heterocycles. The number of aromatic nitrogens is 2. The maximum absolute atomic E-state index is 5.42. The minimum absolute atomic E-state index is 0.809. The van der Waals surface area contributed by atoms with Gasteiger partial charge in [-0.1, -0.05) is 31.5 Å². The Labute approximate surface area is 192 Å². The van der Waals surface area contributed by atoms with Crippen molar-refractivity contribution in [2.24, 2.45) is 7.05 Å². The Balaban J connectivity index is 1.37. The monoisotopic (exact) mass is 435 g/mol. The van der Waals surface area contributed by atoms with Crippen molar-refractivity contribution < 1.29 is 4.74 Å². The summed E-state index contributed by atoms with van der Waals surface area (Å²) in [4.78, 5) is 7.28. The number of nitrogens with zero attached hydrogens (tertiary/aromatic N) is 3. The van der Waals surface area contributed by atoms with Crippen molar-refractivity contribution in [1.29, 1.82) is 0 Å². The van der Waals surface area contributed by atoms with Crippen molar-refractivity contribution in [2.75, 3.05) is 50.0 Å². The van der Waals surface area contributed by atoms with Crippen molar-refractivity contribution in [3.05, 3.63) is 53.1 Å². The average molecular weight is 436 g/mol. The summed E-state index contributed by atoms with van der Waals surface area (Å²) in [6, 6.07) is 13.3. The molecule has 1 aliphatic rings. The summed E-state index contributed by atoms with van der Waals surface area (Å²) in [5.41, 5.74) is 7.40. The molecule has 1 aromatic heterocycles. The molecule has 0 spiro atoms. The number of rotatable bonds is 10. The maximum Gasteiger partial charge on any atom is 0.203 e. The van der Waals surface area contributed by atoms with E-state index in [1.807, 2.05) is 0 Å². The molecule has 1 fully saturated rings. The first-order valence-electron chi connectivity index (χ1n) is 12.0. The molecule has 0 bridgehead atoms. The van der Waals surface area contributed by atoms with Crippen LogP contribution in [0.25, 0.3) is 11.0 Å². The molecule has 0 unspecified atom stereocenters. The van der Waals surface area contributed by atoms with Crippen LogP contribution in [0.15, 0.2) is 36.4 Å². The highest BCUT2D eigenvalue weighted by molar-refractivity contribution is 5.79. The Bertz CT molecular complexity index is 1020. The molecule has 172 valence electrons. The van der Waals surface area contributed by atoms with E-state index in [4.69, 9.17) is 9.72 Å². The van der Waals surface area contributed by atoms with Crippen LogP contribution >= 0.6 is 0 Å². The second-order valence-electron chi connectivity index (χ2n) is 8.82. The molecule has 6 nitrogen and oxygen atoms in total. The van der Waals surface area contributed by atoms with Gasteiger partial charge in [0.05, 0.1) is 24.2 Å². The first-order valence-corrected chi connectivity index (χ1v) is 12.0. The molecule has 3 aromatic rings. The molecule has 4 rings (SSSR count). The highest BCUT2D eigenvalue weighted by atomic mass is 16.5. The van der Waals surface area contributed by atoms with Crippen LogP contribution < -0.4 is 10.6 Å². The lowest BCUT2D eigenvalue weighted by atomic mass is 10.0. The van der Waals surface area contributed by atoms with Crippen molar-refractivity contribution >= 4 is 22.7 Å². The van der Waals surface area contributed by atoms with E-state index < -0.39 is 0 Å². The molecular formula is C26H37N5O. The van der Waals surface area contributed by atoms with Crippen LogP contribution in [-0.4, -0.2) is 53.8 Å². The number of hydrogen-bond donors (Lipinski definition) is 2. The van der Waals surface area contributed by atoms with Crippen molar-refractivity contribution in [3.63, 3.8) is 0 Å². The SMILES string of the molecule is CCCc1ccc(C)cc1NCc1ccc2nc(NCCCN3CCOCC3)n(C)c2c1. The minimum atomic E-state index is 0.809. The third-order valence-corrected chi connectivity index (χ3v) is 6.25. The fourth-order valence-electron chi connectivity index (χ4n) is 4.37. The first kappa shape index (κ1) is 22.6. The van der Waals surface area contributed by atoms with E-state index in [-0.39, 0.29) is 0 Å². The number of hydrogen-bond acceptors (Lipinski definition) is 5. The largest absolute Gasteiger partial charge is 0.381 e. The second kappa shape index (κ2) is 10.8. The van der Waals surface area contributed by atoms with Gasteiger partial charge >= 0.3 is 0 Å². The number of fused-ring (bicyclic) bond motifs is 1. The summed E-state index contributed by atoms with van der Waals surface area (Å²) >= 11 is 0. The summed E-state index contributed by atoms with van der Waals surface area (Å²) < 4.78 is 7.59.